The molecule has 0 fully saturated rings. The van der Waals surface area contributed by atoms with Gasteiger partial charge in [-0.05, 0) is 18.2 Å². The first kappa shape index (κ1) is 16.0. The molecule has 8 heteroatoms. The minimum absolute atomic E-state index is 0.0751. The molecule has 23 heavy (non-hydrogen) atoms. The molecule has 0 radical (unpaired) electrons. The van der Waals surface area contributed by atoms with Gasteiger partial charge in [-0.25, -0.2) is 4.79 Å². The van der Waals surface area contributed by atoms with Crippen molar-refractivity contribution in [2.75, 3.05) is 10.6 Å². The van der Waals surface area contributed by atoms with E-state index in [-0.39, 0.29) is 17.1 Å². The minimum Gasteiger partial charge on any atom is -0.427 e. The van der Waals surface area contributed by atoms with Crippen LogP contribution in [0.3, 0.4) is 0 Å². The minimum atomic E-state index is -0.653. The lowest BCUT2D eigenvalue weighted by molar-refractivity contribution is -0.383. The number of benzene rings is 2. The van der Waals surface area contributed by atoms with Crippen LogP contribution in [0.25, 0.3) is 0 Å². The zero-order valence-corrected chi connectivity index (χ0v) is 12.1. The lowest BCUT2D eigenvalue weighted by Crippen LogP contribution is -2.20. The van der Waals surface area contributed by atoms with Gasteiger partial charge >= 0.3 is 12.0 Å². The van der Waals surface area contributed by atoms with Crippen LogP contribution in [0.1, 0.15) is 6.92 Å². The van der Waals surface area contributed by atoms with Gasteiger partial charge in [-0.3, -0.25) is 14.9 Å². The maximum absolute atomic E-state index is 11.9. The van der Waals surface area contributed by atoms with Crippen molar-refractivity contribution in [3.05, 3.63) is 58.6 Å². The van der Waals surface area contributed by atoms with E-state index in [1.54, 1.807) is 24.3 Å². The average Bonchev–Trinajstić information content (AvgIpc) is 2.47. The van der Waals surface area contributed by atoms with Crippen molar-refractivity contribution in [3.63, 3.8) is 0 Å². The summed E-state index contributed by atoms with van der Waals surface area (Å²) >= 11 is 0. The van der Waals surface area contributed by atoms with Crippen LogP contribution in [-0.2, 0) is 4.79 Å². The summed E-state index contributed by atoms with van der Waals surface area (Å²) < 4.78 is 4.91. The fraction of sp³-hybridized carbons (Fsp3) is 0.0667. The van der Waals surface area contributed by atoms with Crippen molar-refractivity contribution in [1.29, 1.82) is 0 Å². The average molecular weight is 315 g/mol. The number of nitrogens with one attached hydrogen (secondary N) is 2. The Morgan fingerprint density at radius 1 is 1.09 bits per heavy atom. The molecule has 8 nitrogen and oxygen atoms in total. The molecule has 2 aromatic carbocycles. The van der Waals surface area contributed by atoms with Crippen LogP contribution >= 0.6 is 0 Å². The molecule has 2 N–H and O–H groups in total. The smallest absolute Gasteiger partial charge is 0.323 e. The fourth-order valence-electron chi connectivity index (χ4n) is 1.83. The standard InChI is InChI=1S/C15H13N3O5/c1-10(19)23-12-6-4-5-11(9-12)16-15(20)17-13-7-2-3-8-14(13)18(21)22/h2-9H,1H3,(H2,16,17,20). The van der Waals surface area contributed by atoms with Gasteiger partial charge in [0.2, 0.25) is 0 Å². The Balaban J connectivity index is 2.08. The third-order valence-electron chi connectivity index (χ3n) is 2.70. The summed E-state index contributed by atoms with van der Waals surface area (Å²) in [5.74, 6) is -0.201. The maximum atomic E-state index is 11.9. The van der Waals surface area contributed by atoms with E-state index in [0.717, 1.165) is 0 Å². The highest BCUT2D eigenvalue weighted by Gasteiger charge is 2.14. The third-order valence-corrected chi connectivity index (χ3v) is 2.70. The number of nitro benzene ring substituents is 1. The molecule has 0 bridgehead atoms. The number of rotatable bonds is 4. The number of nitrogens with zero attached hydrogens (tertiary/aromatic N) is 1. The lowest BCUT2D eigenvalue weighted by Gasteiger charge is -2.09. The summed E-state index contributed by atoms with van der Waals surface area (Å²) in [7, 11) is 0. The first-order chi connectivity index (χ1) is 11.0. The molecule has 0 aliphatic rings. The summed E-state index contributed by atoms with van der Waals surface area (Å²) in [6.07, 6.45) is 0. The summed E-state index contributed by atoms with van der Waals surface area (Å²) in [5, 5.41) is 15.8. The van der Waals surface area contributed by atoms with Crippen LogP contribution in [0.15, 0.2) is 48.5 Å². The largest absolute Gasteiger partial charge is 0.427 e. The van der Waals surface area contributed by atoms with Gasteiger partial charge < -0.3 is 15.4 Å². The van der Waals surface area contributed by atoms with Crippen LogP contribution in [0.2, 0.25) is 0 Å². The molecule has 0 unspecified atom stereocenters. The number of para-hydroxylation sites is 2. The number of urea groups is 1. The van der Waals surface area contributed by atoms with Gasteiger partial charge in [-0.1, -0.05) is 18.2 Å². The highest BCUT2D eigenvalue weighted by Crippen LogP contribution is 2.23. The van der Waals surface area contributed by atoms with Crippen molar-refractivity contribution < 1.29 is 19.2 Å². The third kappa shape index (κ3) is 4.53. The molecule has 2 aromatic rings. The van der Waals surface area contributed by atoms with Crippen LogP contribution in [-0.4, -0.2) is 16.9 Å². The quantitative estimate of drug-likeness (QED) is 0.389. The molecule has 0 aromatic heterocycles. The Hall–Kier alpha value is -3.42. The van der Waals surface area contributed by atoms with Gasteiger partial charge in [-0.15, -0.1) is 0 Å². The first-order valence-corrected chi connectivity index (χ1v) is 6.55. The number of ether oxygens (including phenoxy) is 1. The Labute approximate surface area is 131 Å². The molecule has 0 spiro atoms. The molecule has 118 valence electrons. The number of carbonyl (C=O) groups excluding carboxylic acids is 2. The summed E-state index contributed by atoms with van der Waals surface area (Å²) in [4.78, 5) is 33.1. The monoisotopic (exact) mass is 315 g/mol. The number of amides is 2. The number of hydrogen-bond donors (Lipinski definition) is 2. The predicted molar refractivity (Wildman–Crippen MR) is 83.5 cm³/mol. The van der Waals surface area contributed by atoms with E-state index in [0.29, 0.717) is 5.69 Å². The normalized spacial score (nSPS) is 9.78. The van der Waals surface area contributed by atoms with E-state index in [4.69, 9.17) is 4.74 Å². The topological polar surface area (TPSA) is 111 Å². The molecule has 0 heterocycles. The van der Waals surface area contributed by atoms with E-state index < -0.39 is 16.9 Å². The molecule has 0 saturated heterocycles. The van der Waals surface area contributed by atoms with Gasteiger partial charge in [0, 0.05) is 24.7 Å². The number of nitro groups is 1. The zero-order valence-electron chi connectivity index (χ0n) is 12.1. The number of esters is 1. The van der Waals surface area contributed by atoms with Gasteiger partial charge in [0.25, 0.3) is 5.69 Å². The second kappa shape index (κ2) is 7.03. The fourth-order valence-corrected chi connectivity index (χ4v) is 1.83. The summed E-state index contributed by atoms with van der Waals surface area (Å²) in [5.41, 5.74) is 0.238. The summed E-state index contributed by atoms with van der Waals surface area (Å²) in [6.45, 7) is 1.27. The SMILES string of the molecule is CC(=O)Oc1cccc(NC(=O)Nc2ccccc2[N+](=O)[O-])c1. The number of anilines is 2. The molecule has 0 aliphatic heterocycles. The molecule has 2 rings (SSSR count). The Bertz CT molecular complexity index is 760. The first-order valence-electron chi connectivity index (χ1n) is 6.55. The van der Waals surface area contributed by atoms with E-state index in [1.165, 1.54) is 31.2 Å². The van der Waals surface area contributed by atoms with Gasteiger partial charge in [0.05, 0.1) is 4.92 Å². The molecule has 0 saturated carbocycles. The predicted octanol–water partition coefficient (Wildman–Crippen LogP) is 3.16. The van der Waals surface area contributed by atoms with E-state index in [9.17, 15) is 19.7 Å². The molecule has 0 atom stereocenters. The van der Waals surface area contributed by atoms with Crippen molar-refractivity contribution >= 4 is 29.1 Å². The van der Waals surface area contributed by atoms with Crippen LogP contribution in [0.4, 0.5) is 21.9 Å². The maximum Gasteiger partial charge on any atom is 0.323 e. The number of hydrogen-bond acceptors (Lipinski definition) is 5. The van der Waals surface area contributed by atoms with Crippen LogP contribution < -0.4 is 15.4 Å². The van der Waals surface area contributed by atoms with Crippen LogP contribution in [0.5, 0.6) is 5.75 Å². The second-order valence-electron chi connectivity index (χ2n) is 4.47. The Morgan fingerprint density at radius 3 is 2.52 bits per heavy atom. The highest BCUT2D eigenvalue weighted by molar-refractivity contribution is 6.01. The second-order valence-corrected chi connectivity index (χ2v) is 4.47. The van der Waals surface area contributed by atoms with Gasteiger partial charge in [-0.2, -0.15) is 0 Å². The summed E-state index contributed by atoms with van der Waals surface area (Å²) in [6, 6.07) is 11.3. The van der Waals surface area contributed by atoms with E-state index >= 15 is 0 Å². The Morgan fingerprint density at radius 2 is 1.83 bits per heavy atom. The Kier molecular flexibility index (Phi) is 4.88. The van der Waals surface area contributed by atoms with E-state index in [2.05, 4.69) is 10.6 Å². The van der Waals surface area contributed by atoms with Gasteiger partial charge in [0.1, 0.15) is 11.4 Å². The molecule has 2 amide bonds. The highest BCUT2D eigenvalue weighted by atomic mass is 16.6. The van der Waals surface area contributed by atoms with Crippen LogP contribution in [0, 0.1) is 10.1 Å². The van der Waals surface area contributed by atoms with Crippen molar-refractivity contribution in [2.45, 2.75) is 6.92 Å². The van der Waals surface area contributed by atoms with Gasteiger partial charge in [0.15, 0.2) is 0 Å². The number of carbonyl (C=O) groups is 2. The van der Waals surface area contributed by atoms with E-state index in [1.807, 2.05) is 0 Å². The molecular weight excluding hydrogens is 302 g/mol. The van der Waals surface area contributed by atoms with Crippen molar-refractivity contribution in [1.82, 2.24) is 0 Å². The lowest BCUT2D eigenvalue weighted by atomic mass is 10.2. The van der Waals surface area contributed by atoms with Crippen molar-refractivity contribution in [2.24, 2.45) is 0 Å². The zero-order chi connectivity index (χ0) is 16.8. The van der Waals surface area contributed by atoms with Crippen molar-refractivity contribution in [3.8, 4) is 5.75 Å². The molecule has 0 aliphatic carbocycles. The molecular formula is C15H13N3O5.